The highest BCUT2D eigenvalue weighted by atomic mass is 35.5. The smallest absolute Gasteiger partial charge is 0.339 e. The first kappa shape index (κ1) is 22.4. The molecule has 1 atom stereocenters. The van der Waals surface area contributed by atoms with E-state index in [-0.39, 0.29) is 38.0 Å². The maximum absolute atomic E-state index is 13.2. The van der Waals surface area contributed by atoms with Gasteiger partial charge in [0.1, 0.15) is 5.82 Å². The summed E-state index contributed by atoms with van der Waals surface area (Å²) < 4.78 is 18.4. The average molecular weight is 487 g/mol. The normalized spacial score (nSPS) is 13.6. The molecule has 3 amide bonds. The van der Waals surface area contributed by atoms with Crippen LogP contribution in [0.4, 0.5) is 10.1 Å². The number of carbonyl (C=O) groups excluding carboxylic acids is 4. The number of ether oxygens (including phenoxy) is 1. The molecule has 0 aliphatic carbocycles. The number of imide groups is 1. The Kier molecular flexibility index (Phi) is 5.88. The van der Waals surface area contributed by atoms with Crippen molar-refractivity contribution in [1.29, 1.82) is 0 Å². The summed E-state index contributed by atoms with van der Waals surface area (Å²) >= 11 is 11.9. The zero-order valence-corrected chi connectivity index (χ0v) is 18.1. The zero-order chi connectivity index (χ0) is 23.9. The van der Waals surface area contributed by atoms with Gasteiger partial charge in [-0.3, -0.25) is 14.4 Å². The van der Waals surface area contributed by atoms with Gasteiger partial charge in [0.25, 0.3) is 17.7 Å². The Morgan fingerprint density at radius 2 is 1.55 bits per heavy atom. The van der Waals surface area contributed by atoms with Crippen molar-refractivity contribution < 1.29 is 28.3 Å². The van der Waals surface area contributed by atoms with Crippen molar-refractivity contribution in [3.05, 3.63) is 98.8 Å². The molecule has 7 nitrogen and oxygen atoms in total. The third-order valence-electron chi connectivity index (χ3n) is 4.94. The summed E-state index contributed by atoms with van der Waals surface area (Å²) in [7, 11) is 0. The highest BCUT2D eigenvalue weighted by Crippen LogP contribution is 2.33. The van der Waals surface area contributed by atoms with Gasteiger partial charge in [-0.15, -0.1) is 0 Å². The minimum atomic E-state index is -1.48. The number of nitrogens with zero attached hydrogens (tertiary/aromatic N) is 1. The summed E-state index contributed by atoms with van der Waals surface area (Å²) in [6.45, 7) is 0. The van der Waals surface area contributed by atoms with Crippen LogP contribution < -0.4 is 10.6 Å². The van der Waals surface area contributed by atoms with Gasteiger partial charge in [-0.25, -0.2) is 14.1 Å². The summed E-state index contributed by atoms with van der Waals surface area (Å²) in [5, 5.41) is 0.417. The molecule has 1 heterocycles. The largest absolute Gasteiger partial charge is 0.444 e. The SMILES string of the molecule is NC(=O)C(OC(=O)c1ccc2c(c1)C(=O)N(c1ccc(Cl)c(Cl)c1)C2=O)c1ccc(F)cc1. The molecule has 1 aliphatic heterocycles. The Labute approximate surface area is 196 Å². The second-order valence-electron chi connectivity index (χ2n) is 7.04. The molecular weight excluding hydrogens is 474 g/mol. The van der Waals surface area contributed by atoms with E-state index in [1.807, 2.05) is 0 Å². The summed E-state index contributed by atoms with van der Waals surface area (Å²) in [4.78, 5) is 51.1. The number of carbonyl (C=O) groups is 4. The Morgan fingerprint density at radius 3 is 2.18 bits per heavy atom. The van der Waals surface area contributed by atoms with E-state index in [1.165, 1.54) is 48.5 Å². The van der Waals surface area contributed by atoms with Crippen molar-refractivity contribution in [3.63, 3.8) is 0 Å². The highest BCUT2D eigenvalue weighted by Gasteiger charge is 2.37. The minimum absolute atomic E-state index is 0.0297. The molecule has 1 aliphatic rings. The minimum Gasteiger partial charge on any atom is -0.444 e. The Bertz CT molecular complexity index is 1330. The Hall–Kier alpha value is -3.75. The van der Waals surface area contributed by atoms with Gasteiger partial charge in [0.05, 0.1) is 32.4 Å². The lowest BCUT2D eigenvalue weighted by Gasteiger charge is -2.15. The number of benzene rings is 3. The zero-order valence-electron chi connectivity index (χ0n) is 16.6. The second kappa shape index (κ2) is 8.65. The van der Waals surface area contributed by atoms with Crippen LogP contribution in [-0.4, -0.2) is 23.7 Å². The van der Waals surface area contributed by atoms with Crippen molar-refractivity contribution in [1.82, 2.24) is 0 Å². The molecule has 2 N–H and O–H groups in total. The Morgan fingerprint density at radius 1 is 0.879 bits per heavy atom. The van der Waals surface area contributed by atoms with Gasteiger partial charge in [-0.1, -0.05) is 35.3 Å². The fourth-order valence-electron chi connectivity index (χ4n) is 3.33. The lowest BCUT2D eigenvalue weighted by Crippen LogP contribution is -2.29. The van der Waals surface area contributed by atoms with Crippen molar-refractivity contribution in [2.75, 3.05) is 4.90 Å². The van der Waals surface area contributed by atoms with E-state index < -0.39 is 35.6 Å². The lowest BCUT2D eigenvalue weighted by atomic mass is 10.1. The maximum atomic E-state index is 13.2. The predicted octanol–water partition coefficient (Wildman–Crippen LogP) is 4.32. The number of anilines is 1. The van der Waals surface area contributed by atoms with Gasteiger partial charge in [0, 0.05) is 5.56 Å². The van der Waals surface area contributed by atoms with E-state index in [1.54, 1.807) is 0 Å². The summed E-state index contributed by atoms with van der Waals surface area (Å²) in [5.74, 6) is -3.74. The van der Waals surface area contributed by atoms with E-state index in [0.717, 1.165) is 17.0 Å². The molecule has 166 valence electrons. The predicted molar refractivity (Wildman–Crippen MR) is 118 cm³/mol. The van der Waals surface area contributed by atoms with Crippen LogP contribution in [0.25, 0.3) is 0 Å². The van der Waals surface area contributed by atoms with Crippen LogP contribution in [0.2, 0.25) is 10.0 Å². The molecule has 0 saturated carbocycles. The molecule has 0 bridgehead atoms. The van der Waals surface area contributed by atoms with Gasteiger partial charge >= 0.3 is 5.97 Å². The van der Waals surface area contributed by atoms with Crippen molar-refractivity contribution in [2.45, 2.75) is 6.10 Å². The highest BCUT2D eigenvalue weighted by molar-refractivity contribution is 6.42. The van der Waals surface area contributed by atoms with E-state index >= 15 is 0 Å². The second-order valence-corrected chi connectivity index (χ2v) is 7.86. The molecule has 3 aromatic carbocycles. The van der Waals surface area contributed by atoms with Crippen LogP contribution in [0.3, 0.4) is 0 Å². The van der Waals surface area contributed by atoms with Gasteiger partial charge < -0.3 is 10.5 Å². The fourth-order valence-corrected chi connectivity index (χ4v) is 3.62. The number of amides is 3. The number of primary amides is 1. The number of esters is 1. The Balaban J connectivity index is 1.62. The van der Waals surface area contributed by atoms with Crippen molar-refractivity contribution >= 4 is 52.6 Å². The molecule has 0 aromatic heterocycles. The van der Waals surface area contributed by atoms with Crippen LogP contribution in [-0.2, 0) is 9.53 Å². The molecule has 0 radical (unpaired) electrons. The van der Waals surface area contributed by atoms with E-state index in [0.29, 0.717) is 0 Å². The average Bonchev–Trinajstić information content (AvgIpc) is 3.04. The van der Waals surface area contributed by atoms with Crippen LogP contribution in [0.15, 0.2) is 60.7 Å². The van der Waals surface area contributed by atoms with Gasteiger partial charge in [-0.05, 0) is 48.5 Å². The van der Waals surface area contributed by atoms with Crippen LogP contribution in [0.1, 0.15) is 42.7 Å². The van der Waals surface area contributed by atoms with Gasteiger partial charge in [-0.2, -0.15) is 0 Å². The first-order valence-electron chi connectivity index (χ1n) is 9.41. The van der Waals surface area contributed by atoms with Crippen molar-refractivity contribution in [3.8, 4) is 0 Å². The van der Waals surface area contributed by atoms with E-state index in [4.69, 9.17) is 33.7 Å². The summed E-state index contributed by atoms with van der Waals surface area (Å²) in [6, 6.07) is 12.8. The number of fused-ring (bicyclic) bond motifs is 1. The molecule has 1 unspecified atom stereocenters. The molecule has 10 heteroatoms. The molecule has 3 aromatic rings. The van der Waals surface area contributed by atoms with Gasteiger partial charge in [0.15, 0.2) is 0 Å². The van der Waals surface area contributed by atoms with Gasteiger partial charge in [0.2, 0.25) is 6.10 Å². The maximum Gasteiger partial charge on any atom is 0.339 e. The molecular formula is C23H13Cl2FN2O5. The molecule has 0 saturated heterocycles. The topological polar surface area (TPSA) is 107 Å². The number of hydrogen-bond donors (Lipinski definition) is 1. The number of rotatable bonds is 5. The van der Waals surface area contributed by atoms with Crippen molar-refractivity contribution in [2.24, 2.45) is 5.73 Å². The fraction of sp³-hybridized carbons (Fsp3) is 0.0435. The van der Waals surface area contributed by atoms with Crippen LogP contribution in [0, 0.1) is 5.82 Å². The lowest BCUT2D eigenvalue weighted by molar-refractivity contribution is -0.127. The molecule has 33 heavy (non-hydrogen) atoms. The first-order valence-corrected chi connectivity index (χ1v) is 10.2. The number of hydrogen-bond acceptors (Lipinski definition) is 5. The summed E-state index contributed by atoms with van der Waals surface area (Å²) in [5.41, 5.74) is 5.69. The van der Waals surface area contributed by atoms with E-state index in [9.17, 15) is 23.6 Å². The monoisotopic (exact) mass is 486 g/mol. The quantitative estimate of drug-likeness (QED) is 0.426. The third kappa shape index (κ3) is 4.18. The molecule has 0 fully saturated rings. The van der Waals surface area contributed by atoms with E-state index in [2.05, 4.69) is 0 Å². The standard InChI is InChI=1S/C23H13Cl2FN2O5/c24-17-8-6-14(10-18(17)25)28-21(30)15-7-3-12(9-16(15)22(28)31)23(32)33-19(20(27)29)11-1-4-13(26)5-2-11/h1-10,19H,(H2,27,29). The number of nitrogens with two attached hydrogens (primary N) is 1. The third-order valence-corrected chi connectivity index (χ3v) is 5.68. The van der Waals surface area contributed by atoms with Crippen LogP contribution >= 0.6 is 23.2 Å². The molecule has 4 rings (SSSR count). The van der Waals surface area contributed by atoms with Crippen LogP contribution in [0.5, 0.6) is 0 Å². The number of halogens is 3. The molecule has 0 spiro atoms. The first-order chi connectivity index (χ1) is 15.7. The summed E-state index contributed by atoms with van der Waals surface area (Å²) in [6.07, 6.45) is -1.48.